The van der Waals surface area contributed by atoms with E-state index in [1.54, 1.807) is 23.6 Å². The fraction of sp³-hybridized carbons (Fsp3) is 0.182. The molecule has 0 spiro atoms. The first-order chi connectivity index (χ1) is 13.4. The van der Waals surface area contributed by atoms with E-state index in [4.69, 9.17) is 0 Å². The Kier molecular flexibility index (Phi) is 4.26. The Morgan fingerprint density at radius 1 is 1.00 bits per heavy atom. The lowest BCUT2D eigenvalue weighted by Gasteiger charge is -2.18. The normalized spacial score (nSPS) is 12.4. The smallest absolute Gasteiger partial charge is 0.280 e. The molecule has 0 bridgehead atoms. The Bertz CT molecular complexity index is 1300. The number of hydrogen-bond acceptors (Lipinski definition) is 2. The van der Waals surface area contributed by atoms with E-state index >= 15 is 0 Å². The van der Waals surface area contributed by atoms with Gasteiger partial charge in [0, 0.05) is 11.8 Å². The number of fused-ring (bicyclic) bond motifs is 1. The Morgan fingerprint density at radius 2 is 1.71 bits per heavy atom. The van der Waals surface area contributed by atoms with E-state index in [1.807, 2.05) is 38.1 Å². The molecule has 0 radical (unpaired) electrons. The van der Waals surface area contributed by atoms with Crippen molar-refractivity contribution in [2.24, 2.45) is 0 Å². The highest BCUT2D eigenvalue weighted by Gasteiger charge is 2.19. The fourth-order valence-corrected chi connectivity index (χ4v) is 3.71. The van der Waals surface area contributed by atoms with Gasteiger partial charge in [-0.25, -0.2) is 9.07 Å². The molecule has 2 aromatic carbocycles. The van der Waals surface area contributed by atoms with E-state index in [1.165, 1.54) is 22.9 Å². The molecule has 2 heterocycles. The summed E-state index contributed by atoms with van der Waals surface area (Å²) in [5, 5.41) is 3.51. The summed E-state index contributed by atoms with van der Waals surface area (Å²) in [6.07, 6.45) is 0. The van der Waals surface area contributed by atoms with Crippen molar-refractivity contribution in [2.75, 3.05) is 0 Å². The maximum atomic E-state index is 13.2. The lowest BCUT2D eigenvalue weighted by molar-refractivity contribution is 0.594. The van der Waals surface area contributed by atoms with Crippen molar-refractivity contribution in [3.05, 3.63) is 97.9 Å². The molecule has 28 heavy (non-hydrogen) atoms. The highest BCUT2D eigenvalue weighted by molar-refractivity contribution is 5.80. The van der Waals surface area contributed by atoms with Crippen molar-refractivity contribution in [3.8, 4) is 5.69 Å². The van der Waals surface area contributed by atoms with Crippen molar-refractivity contribution >= 4 is 10.9 Å². The van der Waals surface area contributed by atoms with Gasteiger partial charge in [0.2, 0.25) is 0 Å². The second-order valence-corrected chi connectivity index (χ2v) is 7.05. The van der Waals surface area contributed by atoms with E-state index in [-0.39, 0.29) is 23.0 Å². The summed E-state index contributed by atoms with van der Waals surface area (Å²) in [7, 11) is 0. The van der Waals surface area contributed by atoms with Gasteiger partial charge in [-0.15, -0.1) is 0 Å². The van der Waals surface area contributed by atoms with Crippen molar-refractivity contribution in [1.29, 1.82) is 0 Å². The van der Waals surface area contributed by atoms with E-state index < -0.39 is 0 Å². The first-order valence-corrected chi connectivity index (χ1v) is 9.06. The number of nitrogens with one attached hydrogen (secondary N) is 1. The molecule has 0 aliphatic heterocycles. The second-order valence-electron chi connectivity index (χ2n) is 7.05. The molecule has 4 aromatic rings. The van der Waals surface area contributed by atoms with E-state index in [0.29, 0.717) is 22.3 Å². The molecule has 0 saturated heterocycles. The van der Waals surface area contributed by atoms with Crippen LogP contribution in [0.3, 0.4) is 0 Å². The molecule has 0 amide bonds. The van der Waals surface area contributed by atoms with E-state index in [9.17, 15) is 14.0 Å². The zero-order valence-electron chi connectivity index (χ0n) is 15.9. The van der Waals surface area contributed by atoms with Crippen LogP contribution in [0.1, 0.15) is 29.8 Å². The van der Waals surface area contributed by atoms with Crippen LogP contribution in [0.15, 0.2) is 64.2 Å². The van der Waals surface area contributed by atoms with Crippen LogP contribution in [-0.2, 0) is 0 Å². The summed E-state index contributed by atoms with van der Waals surface area (Å²) < 4.78 is 16.3. The summed E-state index contributed by atoms with van der Waals surface area (Å²) >= 11 is 0. The summed E-state index contributed by atoms with van der Waals surface area (Å²) in [4.78, 5) is 25.9. The summed E-state index contributed by atoms with van der Waals surface area (Å²) in [5.41, 5.74) is 3.18. The van der Waals surface area contributed by atoms with Crippen LogP contribution in [0.4, 0.5) is 4.39 Å². The van der Waals surface area contributed by atoms with Gasteiger partial charge in [0.25, 0.3) is 11.1 Å². The quantitative estimate of drug-likeness (QED) is 0.590. The van der Waals surface area contributed by atoms with Gasteiger partial charge in [-0.1, -0.05) is 24.3 Å². The number of halogens is 1. The number of hydrogen-bond donors (Lipinski definition) is 1. The third-order valence-electron chi connectivity index (χ3n) is 5.15. The van der Waals surface area contributed by atoms with Gasteiger partial charge >= 0.3 is 0 Å². The molecule has 6 heteroatoms. The molecule has 4 rings (SSSR count). The van der Waals surface area contributed by atoms with Gasteiger partial charge in [0.15, 0.2) is 0 Å². The molecule has 0 saturated carbocycles. The van der Waals surface area contributed by atoms with Crippen LogP contribution in [0.2, 0.25) is 0 Å². The molecular formula is C22H20FN3O2. The number of rotatable bonds is 3. The number of aromatic amines is 1. The largest absolute Gasteiger partial charge is 0.305 e. The number of pyridine rings is 1. The monoisotopic (exact) mass is 377 g/mol. The average Bonchev–Trinajstić information content (AvgIpc) is 2.98. The average molecular weight is 377 g/mol. The molecular weight excluding hydrogens is 357 g/mol. The minimum absolute atomic E-state index is 0.210. The Balaban J connectivity index is 1.93. The first kappa shape index (κ1) is 18.0. The van der Waals surface area contributed by atoms with Crippen LogP contribution >= 0.6 is 0 Å². The van der Waals surface area contributed by atoms with Crippen molar-refractivity contribution < 1.29 is 4.39 Å². The van der Waals surface area contributed by atoms with E-state index in [2.05, 4.69) is 5.10 Å². The van der Waals surface area contributed by atoms with Gasteiger partial charge in [0.05, 0.1) is 22.6 Å². The highest BCUT2D eigenvalue weighted by atomic mass is 19.1. The lowest BCUT2D eigenvalue weighted by atomic mass is 10.1. The number of aryl methyl sites for hydroxylation is 2. The van der Waals surface area contributed by atoms with Crippen LogP contribution < -0.4 is 11.1 Å². The molecule has 5 nitrogen and oxygen atoms in total. The van der Waals surface area contributed by atoms with Gasteiger partial charge in [-0.2, -0.15) is 0 Å². The molecule has 2 aromatic heterocycles. The Hall–Kier alpha value is -3.41. The lowest BCUT2D eigenvalue weighted by Crippen LogP contribution is -2.26. The van der Waals surface area contributed by atoms with Gasteiger partial charge < -0.3 is 4.57 Å². The third kappa shape index (κ3) is 2.87. The second kappa shape index (κ2) is 6.64. The summed E-state index contributed by atoms with van der Waals surface area (Å²) in [6.45, 7) is 5.58. The maximum absolute atomic E-state index is 13.2. The third-order valence-corrected chi connectivity index (χ3v) is 5.15. The van der Waals surface area contributed by atoms with Gasteiger partial charge in [-0.3, -0.25) is 14.7 Å². The first-order valence-electron chi connectivity index (χ1n) is 9.06. The number of benzene rings is 2. The highest BCUT2D eigenvalue weighted by Crippen LogP contribution is 2.21. The van der Waals surface area contributed by atoms with Gasteiger partial charge in [0.1, 0.15) is 5.82 Å². The topological polar surface area (TPSA) is 59.8 Å². The minimum Gasteiger partial charge on any atom is -0.305 e. The van der Waals surface area contributed by atoms with Crippen molar-refractivity contribution in [3.63, 3.8) is 0 Å². The van der Waals surface area contributed by atoms with Crippen LogP contribution in [0.25, 0.3) is 16.6 Å². The molecule has 142 valence electrons. The molecule has 0 aliphatic rings. The fourth-order valence-electron chi connectivity index (χ4n) is 3.71. The van der Waals surface area contributed by atoms with Crippen molar-refractivity contribution in [1.82, 2.24) is 14.3 Å². The summed E-state index contributed by atoms with van der Waals surface area (Å²) in [5.74, 6) is -0.331. The predicted octanol–water partition coefficient (Wildman–Crippen LogP) is 3.85. The number of nitrogens with zero attached hydrogens (tertiary/aromatic N) is 2. The molecule has 0 fully saturated rings. The predicted molar refractivity (Wildman–Crippen MR) is 108 cm³/mol. The van der Waals surface area contributed by atoms with Crippen LogP contribution in [0, 0.1) is 19.7 Å². The van der Waals surface area contributed by atoms with E-state index in [0.717, 1.165) is 11.1 Å². The zero-order valence-corrected chi connectivity index (χ0v) is 15.9. The van der Waals surface area contributed by atoms with Crippen molar-refractivity contribution in [2.45, 2.75) is 26.8 Å². The molecule has 0 aliphatic carbocycles. The number of H-pyrrole nitrogens is 1. The SMILES string of the molecule is Cc1cccc(-n2[nH]c3cc(=O)n(C(C)c4ccc(F)cc4)c(C)c3c2=O)c1. The van der Waals surface area contributed by atoms with Gasteiger partial charge in [-0.05, 0) is 56.2 Å². The maximum Gasteiger partial charge on any atom is 0.280 e. The Labute approximate surface area is 160 Å². The molecule has 1 N–H and O–H groups in total. The Morgan fingerprint density at radius 3 is 2.39 bits per heavy atom. The number of aromatic nitrogens is 3. The van der Waals surface area contributed by atoms with Crippen LogP contribution in [-0.4, -0.2) is 14.3 Å². The standard InChI is InChI=1S/C22H20FN3O2/c1-13-5-4-6-18(11-13)26-22(28)21-15(3)25(20(27)12-19(21)24-26)14(2)16-7-9-17(23)10-8-16/h4-12,14,24H,1-3H3. The zero-order chi connectivity index (χ0) is 20.0. The summed E-state index contributed by atoms with van der Waals surface area (Å²) in [6, 6.07) is 14.7. The molecule has 1 unspecified atom stereocenters. The minimum atomic E-state index is -0.334. The van der Waals surface area contributed by atoms with Crippen LogP contribution in [0.5, 0.6) is 0 Å². The molecule has 1 atom stereocenters.